The van der Waals surface area contributed by atoms with E-state index in [-0.39, 0.29) is 5.91 Å². The van der Waals surface area contributed by atoms with Crippen LogP contribution in [0.15, 0.2) is 60.8 Å². The van der Waals surface area contributed by atoms with Crippen molar-refractivity contribution in [3.8, 4) is 5.75 Å². The molecular weight excluding hydrogens is 398 g/mol. The van der Waals surface area contributed by atoms with Crippen molar-refractivity contribution in [2.75, 3.05) is 19.6 Å². The SMILES string of the molecule is O=C(Cn1ccc2cc(OCc3ccccc3)ccc21)NC[C@@H]1CCCN2CCCC[C@H]12. The number of amides is 1. The Balaban J connectivity index is 1.16. The summed E-state index contributed by atoms with van der Waals surface area (Å²) in [5.41, 5.74) is 2.21. The highest BCUT2D eigenvalue weighted by Gasteiger charge is 2.32. The van der Waals surface area contributed by atoms with Gasteiger partial charge in [-0.15, -0.1) is 0 Å². The molecule has 5 heteroatoms. The molecule has 3 heterocycles. The van der Waals surface area contributed by atoms with Gasteiger partial charge < -0.3 is 19.5 Å². The second-order valence-corrected chi connectivity index (χ2v) is 9.24. The highest BCUT2D eigenvalue weighted by molar-refractivity contribution is 5.84. The maximum Gasteiger partial charge on any atom is 0.239 e. The van der Waals surface area contributed by atoms with Gasteiger partial charge in [0, 0.05) is 29.7 Å². The van der Waals surface area contributed by atoms with Crippen LogP contribution in [0.3, 0.4) is 0 Å². The van der Waals surface area contributed by atoms with Gasteiger partial charge in [-0.3, -0.25) is 4.79 Å². The molecular formula is C27H33N3O2. The van der Waals surface area contributed by atoms with Crippen LogP contribution in [0.25, 0.3) is 10.9 Å². The average Bonchev–Trinajstić information content (AvgIpc) is 3.24. The Morgan fingerprint density at radius 2 is 1.88 bits per heavy atom. The van der Waals surface area contributed by atoms with Gasteiger partial charge >= 0.3 is 0 Å². The maximum absolute atomic E-state index is 12.7. The normalized spacial score (nSPS) is 21.2. The van der Waals surface area contributed by atoms with E-state index in [9.17, 15) is 4.79 Å². The van der Waals surface area contributed by atoms with Crippen LogP contribution in [0.5, 0.6) is 5.75 Å². The average molecular weight is 432 g/mol. The van der Waals surface area contributed by atoms with E-state index >= 15 is 0 Å². The fraction of sp³-hybridized carbons (Fsp3) is 0.444. The Morgan fingerprint density at radius 3 is 2.78 bits per heavy atom. The molecule has 32 heavy (non-hydrogen) atoms. The molecule has 5 rings (SSSR count). The molecule has 0 unspecified atom stereocenters. The molecule has 0 spiro atoms. The second-order valence-electron chi connectivity index (χ2n) is 9.24. The van der Waals surface area contributed by atoms with Gasteiger partial charge in [0.2, 0.25) is 5.91 Å². The summed E-state index contributed by atoms with van der Waals surface area (Å²) in [6, 6.07) is 19.0. The number of hydrogen-bond acceptors (Lipinski definition) is 3. The zero-order chi connectivity index (χ0) is 21.8. The van der Waals surface area contributed by atoms with Crippen molar-refractivity contribution in [3.63, 3.8) is 0 Å². The minimum Gasteiger partial charge on any atom is -0.489 e. The van der Waals surface area contributed by atoms with Crippen LogP contribution in [0.2, 0.25) is 0 Å². The van der Waals surface area contributed by atoms with E-state index < -0.39 is 0 Å². The highest BCUT2D eigenvalue weighted by Crippen LogP contribution is 2.30. The van der Waals surface area contributed by atoms with E-state index in [0.717, 1.165) is 28.8 Å². The van der Waals surface area contributed by atoms with E-state index in [4.69, 9.17) is 4.74 Å². The van der Waals surface area contributed by atoms with Crippen LogP contribution in [0.4, 0.5) is 0 Å². The summed E-state index contributed by atoms with van der Waals surface area (Å²) < 4.78 is 7.97. The number of benzene rings is 2. The van der Waals surface area contributed by atoms with Crippen molar-refractivity contribution in [3.05, 3.63) is 66.4 Å². The minimum atomic E-state index is 0.0971. The third-order valence-corrected chi connectivity index (χ3v) is 7.09. The molecule has 5 nitrogen and oxygen atoms in total. The Bertz CT molecular complexity index is 1040. The number of ether oxygens (including phenoxy) is 1. The lowest BCUT2D eigenvalue weighted by Gasteiger charge is -2.44. The molecule has 0 bridgehead atoms. The van der Waals surface area contributed by atoms with Gasteiger partial charge in [0.25, 0.3) is 0 Å². The van der Waals surface area contributed by atoms with Crippen molar-refractivity contribution in [2.45, 2.75) is 51.3 Å². The predicted molar refractivity (Wildman–Crippen MR) is 128 cm³/mol. The third kappa shape index (κ3) is 4.83. The number of carbonyl (C=O) groups excluding carboxylic acids is 1. The van der Waals surface area contributed by atoms with Gasteiger partial charge in [0.05, 0.1) is 0 Å². The van der Waals surface area contributed by atoms with E-state index in [0.29, 0.717) is 25.1 Å². The van der Waals surface area contributed by atoms with Crippen molar-refractivity contribution in [2.24, 2.45) is 5.92 Å². The van der Waals surface area contributed by atoms with E-state index in [1.165, 1.54) is 45.2 Å². The van der Waals surface area contributed by atoms with Crippen LogP contribution in [0.1, 0.15) is 37.7 Å². The van der Waals surface area contributed by atoms with Crippen molar-refractivity contribution < 1.29 is 9.53 Å². The third-order valence-electron chi connectivity index (χ3n) is 7.09. The van der Waals surface area contributed by atoms with E-state index in [2.05, 4.69) is 28.4 Å². The van der Waals surface area contributed by atoms with Gasteiger partial charge in [-0.25, -0.2) is 0 Å². The molecule has 1 N–H and O–H groups in total. The van der Waals surface area contributed by atoms with Gasteiger partial charge in [0.1, 0.15) is 18.9 Å². The molecule has 0 saturated carbocycles. The first-order valence-corrected chi connectivity index (χ1v) is 12.0. The number of aromatic nitrogens is 1. The van der Waals surface area contributed by atoms with Crippen LogP contribution >= 0.6 is 0 Å². The molecule has 2 aromatic carbocycles. The first kappa shape index (κ1) is 21.1. The molecule has 2 aliphatic rings. The second kappa shape index (κ2) is 9.78. The number of nitrogens with one attached hydrogen (secondary N) is 1. The molecule has 2 atom stereocenters. The van der Waals surface area contributed by atoms with Crippen LogP contribution in [-0.4, -0.2) is 41.1 Å². The molecule has 1 aromatic heterocycles. The van der Waals surface area contributed by atoms with Crippen LogP contribution in [-0.2, 0) is 17.9 Å². The summed E-state index contributed by atoms with van der Waals surface area (Å²) in [4.78, 5) is 15.4. The molecule has 0 aliphatic carbocycles. The van der Waals surface area contributed by atoms with E-state index in [1.54, 1.807) is 0 Å². The van der Waals surface area contributed by atoms with Gasteiger partial charge in [-0.2, -0.15) is 0 Å². The molecule has 3 aromatic rings. The number of rotatable bonds is 7. The number of hydrogen-bond donors (Lipinski definition) is 1. The standard InChI is InChI=1S/C27H33N3O2/c31-27(28-18-23-9-6-15-29-14-5-4-10-25(23)29)19-30-16-13-22-17-24(11-12-26(22)30)32-20-21-7-2-1-3-8-21/h1-3,7-8,11-13,16-17,23,25H,4-6,9-10,14-15,18-20H2,(H,28,31)/t23-,25+/m0/s1. The number of carbonyl (C=O) groups is 1. The quantitative estimate of drug-likeness (QED) is 0.595. The highest BCUT2D eigenvalue weighted by atomic mass is 16.5. The molecule has 0 radical (unpaired) electrons. The summed E-state index contributed by atoms with van der Waals surface area (Å²) in [6.45, 7) is 4.18. The Morgan fingerprint density at radius 1 is 1.00 bits per heavy atom. The van der Waals surface area contributed by atoms with E-state index in [1.807, 2.05) is 47.2 Å². The van der Waals surface area contributed by atoms with Crippen molar-refractivity contribution >= 4 is 16.8 Å². The fourth-order valence-corrected chi connectivity index (χ4v) is 5.42. The zero-order valence-electron chi connectivity index (χ0n) is 18.7. The summed E-state index contributed by atoms with van der Waals surface area (Å²) >= 11 is 0. The predicted octanol–water partition coefficient (Wildman–Crippen LogP) is 4.60. The lowest BCUT2D eigenvalue weighted by atomic mass is 9.83. The maximum atomic E-state index is 12.7. The number of fused-ring (bicyclic) bond motifs is 2. The van der Waals surface area contributed by atoms with Crippen molar-refractivity contribution in [1.82, 2.24) is 14.8 Å². The van der Waals surface area contributed by atoms with Gasteiger partial charge in [-0.1, -0.05) is 36.8 Å². The molecule has 2 saturated heterocycles. The molecule has 2 fully saturated rings. The molecule has 168 valence electrons. The first-order chi connectivity index (χ1) is 15.8. The van der Waals surface area contributed by atoms with Crippen LogP contribution in [0, 0.1) is 5.92 Å². The van der Waals surface area contributed by atoms with Gasteiger partial charge in [-0.05, 0) is 74.5 Å². The monoisotopic (exact) mass is 431 g/mol. The summed E-state index contributed by atoms with van der Waals surface area (Å²) in [6.07, 6.45) is 8.44. The smallest absolute Gasteiger partial charge is 0.239 e. The minimum absolute atomic E-state index is 0.0971. The summed E-state index contributed by atoms with van der Waals surface area (Å²) in [7, 11) is 0. The van der Waals surface area contributed by atoms with Crippen LogP contribution < -0.4 is 10.1 Å². The lowest BCUT2D eigenvalue weighted by molar-refractivity contribution is -0.122. The summed E-state index contributed by atoms with van der Waals surface area (Å²) in [5, 5.41) is 4.32. The summed E-state index contributed by atoms with van der Waals surface area (Å²) in [5.74, 6) is 1.54. The lowest BCUT2D eigenvalue weighted by Crippen LogP contribution is -2.51. The Kier molecular flexibility index (Phi) is 6.44. The Labute approximate surface area is 190 Å². The molecule has 1 amide bonds. The largest absolute Gasteiger partial charge is 0.489 e. The number of piperidine rings is 2. The van der Waals surface area contributed by atoms with Crippen molar-refractivity contribution in [1.29, 1.82) is 0 Å². The molecule has 2 aliphatic heterocycles. The number of nitrogens with zero attached hydrogens (tertiary/aromatic N) is 2. The zero-order valence-corrected chi connectivity index (χ0v) is 18.7. The van der Waals surface area contributed by atoms with Gasteiger partial charge in [0.15, 0.2) is 0 Å². The fourth-order valence-electron chi connectivity index (χ4n) is 5.42. The first-order valence-electron chi connectivity index (χ1n) is 12.0. The topological polar surface area (TPSA) is 46.5 Å². The Hall–Kier alpha value is -2.79.